The van der Waals surface area contributed by atoms with E-state index in [-0.39, 0.29) is 5.82 Å². The van der Waals surface area contributed by atoms with E-state index in [2.05, 4.69) is 11.6 Å². The second-order valence-electron chi connectivity index (χ2n) is 3.73. The highest BCUT2D eigenvalue weighted by molar-refractivity contribution is 7.98. The summed E-state index contributed by atoms with van der Waals surface area (Å²) in [5.74, 6) is 0.866. The molecule has 1 rings (SSSR count). The summed E-state index contributed by atoms with van der Waals surface area (Å²) in [6.07, 6.45) is 2.06. The Kier molecular flexibility index (Phi) is 5.63. The fourth-order valence-electron chi connectivity index (χ4n) is 1.52. The Balaban J connectivity index is 2.73. The number of benzene rings is 1. The molecule has 0 spiro atoms. The summed E-state index contributed by atoms with van der Waals surface area (Å²) in [6.45, 7) is 1.56. The van der Waals surface area contributed by atoms with Crippen molar-refractivity contribution in [1.82, 2.24) is 5.32 Å². The van der Waals surface area contributed by atoms with Crippen LogP contribution in [0, 0.1) is 5.82 Å². The maximum absolute atomic E-state index is 13.8. The van der Waals surface area contributed by atoms with E-state index in [0.717, 1.165) is 17.9 Å². The van der Waals surface area contributed by atoms with E-state index < -0.39 is 0 Å². The summed E-state index contributed by atoms with van der Waals surface area (Å²) in [6, 6.07) is 5.41. The van der Waals surface area contributed by atoms with Crippen molar-refractivity contribution in [2.75, 3.05) is 37.5 Å². The molecule has 0 saturated carbocycles. The number of rotatable bonds is 6. The lowest BCUT2D eigenvalue weighted by Crippen LogP contribution is -2.21. The minimum absolute atomic E-state index is 0.142. The number of anilines is 1. The third-order valence-electron chi connectivity index (χ3n) is 2.44. The quantitative estimate of drug-likeness (QED) is 0.824. The zero-order valence-electron chi connectivity index (χ0n) is 10.1. The van der Waals surface area contributed by atoms with Gasteiger partial charge in [0.25, 0.3) is 0 Å². The monoisotopic (exact) mass is 242 g/mol. The second kappa shape index (κ2) is 6.76. The summed E-state index contributed by atoms with van der Waals surface area (Å²) in [5.41, 5.74) is 1.65. The van der Waals surface area contributed by atoms with Crippen LogP contribution < -0.4 is 10.2 Å². The van der Waals surface area contributed by atoms with Gasteiger partial charge in [-0.1, -0.05) is 6.07 Å². The van der Waals surface area contributed by atoms with Crippen LogP contribution in [0.2, 0.25) is 0 Å². The topological polar surface area (TPSA) is 15.3 Å². The summed E-state index contributed by atoms with van der Waals surface area (Å²) in [4.78, 5) is 1.95. The Bertz CT molecular complexity index is 331. The molecule has 0 bridgehead atoms. The number of nitrogens with zero attached hydrogens (tertiary/aromatic N) is 1. The largest absolute Gasteiger partial charge is 0.371 e. The molecule has 0 aliphatic carbocycles. The first kappa shape index (κ1) is 13.3. The van der Waals surface area contributed by atoms with Crippen molar-refractivity contribution in [2.24, 2.45) is 0 Å². The van der Waals surface area contributed by atoms with E-state index in [1.807, 2.05) is 31.1 Å². The maximum Gasteiger partial charge on any atom is 0.146 e. The fourth-order valence-corrected chi connectivity index (χ4v) is 1.98. The summed E-state index contributed by atoms with van der Waals surface area (Å²) < 4.78 is 13.8. The normalized spacial score (nSPS) is 10.5. The number of halogens is 1. The van der Waals surface area contributed by atoms with Gasteiger partial charge in [-0.3, -0.25) is 0 Å². The van der Waals surface area contributed by atoms with Crippen LogP contribution in [-0.4, -0.2) is 32.6 Å². The zero-order valence-corrected chi connectivity index (χ0v) is 10.9. The van der Waals surface area contributed by atoms with Crippen molar-refractivity contribution < 1.29 is 4.39 Å². The fraction of sp³-hybridized carbons (Fsp3) is 0.500. The molecule has 0 aromatic heterocycles. The Labute approximate surface area is 101 Å². The lowest BCUT2D eigenvalue weighted by atomic mass is 10.2. The van der Waals surface area contributed by atoms with Crippen LogP contribution in [0.25, 0.3) is 0 Å². The minimum atomic E-state index is -0.142. The van der Waals surface area contributed by atoms with Gasteiger partial charge in [-0.25, -0.2) is 4.39 Å². The van der Waals surface area contributed by atoms with Gasteiger partial charge in [0.1, 0.15) is 5.82 Å². The van der Waals surface area contributed by atoms with Crippen molar-refractivity contribution in [1.29, 1.82) is 0 Å². The first-order chi connectivity index (χ1) is 7.69. The first-order valence-corrected chi connectivity index (χ1v) is 6.71. The van der Waals surface area contributed by atoms with Crippen molar-refractivity contribution in [3.8, 4) is 0 Å². The van der Waals surface area contributed by atoms with Crippen molar-refractivity contribution in [3.05, 3.63) is 29.6 Å². The van der Waals surface area contributed by atoms with Gasteiger partial charge >= 0.3 is 0 Å². The van der Waals surface area contributed by atoms with E-state index in [9.17, 15) is 4.39 Å². The van der Waals surface area contributed by atoms with Crippen LogP contribution in [0.4, 0.5) is 10.1 Å². The molecule has 90 valence electrons. The molecule has 0 aliphatic heterocycles. The molecular weight excluding hydrogens is 223 g/mol. The summed E-state index contributed by atoms with van der Waals surface area (Å²) in [7, 11) is 3.78. The highest BCUT2D eigenvalue weighted by Gasteiger charge is 2.07. The second-order valence-corrected chi connectivity index (χ2v) is 4.72. The highest BCUT2D eigenvalue weighted by atomic mass is 32.2. The Morgan fingerprint density at radius 2 is 2.19 bits per heavy atom. The van der Waals surface area contributed by atoms with Gasteiger partial charge in [0.2, 0.25) is 0 Å². The molecule has 1 N–H and O–H groups in total. The molecule has 0 unspecified atom stereocenters. The first-order valence-electron chi connectivity index (χ1n) is 5.32. The van der Waals surface area contributed by atoms with Gasteiger partial charge in [-0.15, -0.1) is 0 Å². The van der Waals surface area contributed by atoms with E-state index in [0.29, 0.717) is 12.2 Å². The van der Waals surface area contributed by atoms with Gasteiger partial charge in [-0.2, -0.15) is 11.8 Å². The molecule has 0 amide bonds. The standard InChI is InChI=1S/C12H19FN2S/c1-14-9-10-4-5-12(11(13)8-10)15(2)6-7-16-3/h4-5,8,14H,6-7,9H2,1-3H3. The third-order valence-corrected chi connectivity index (χ3v) is 3.03. The van der Waals surface area contributed by atoms with Crippen LogP contribution >= 0.6 is 11.8 Å². The number of hydrogen-bond donors (Lipinski definition) is 1. The predicted octanol–water partition coefficient (Wildman–Crippen LogP) is 2.34. The molecule has 16 heavy (non-hydrogen) atoms. The Morgan fingerprint density at radius 1 is 1.44 bits per heavy atom. The molecule has 0 saturated heterocycles. The number of thioether (sulfide) groups is 1. The lowest BCUT2D eigenvalue weighted by Gasteiger charge is -2.19. The maximum atomic E-state index is 13.8. The smallest absolute Gasteiger partial charge is 0.146 e. The predicted molar refractivity (Wildman–Crippen MR) is 70.8 cm³/mol. The van der Waals surface area contributed by atoms with Crippen molar-refractivity contribution in [2.45, 2.75) is 6.54 Å². The van der Waals surface area contributed by atoms with E-state index >= 15 is 0 Å². The van der Waals surface area contributed by atoms with E-state index in [1.54, 1.807) is 17.8 Å². The minimum Gasteiger partial charge on any atom is -0.371 e. The Hall–Kier alpha value is -0.740. The average Bonchev–Trinajstić information content (AvgIpc) is 2.26. The summed E-state index contributed by atoms with van der Waals surface area (Å²) >= 11 is 1.77. The SMILES string of the molecule is CNCc1ccc(N(C)CCSC)c(F)c1. The molecule has 2 nitrogen and oxygen atoms in total. The molecule has 0 atom stereocenters. The lowest BCUT2D eigenvalue weighted by molar-refractivity contribution is 0.620. The van der Waals surface area contributed by atoms with Crippen LogP contribution in [0.5, 0.6) is 0 Å². The number of nitrogens with one attached hydrogen (secondary N) is 1. The van der Waals surface area contributed by atoms with Crippen LogP contribution in [0.1, 0.15) is 5.56 Å². The molecule has 0 heterocycles. The molecule has 1 aromatic carbocycles. The van der Waals surface area contributed by atoms with Gasteiger partial charge in [0.15, 0.2) is 0 Å². The molecule has 1 aromatic rings. The zero-order chi connectivity index (χ0) is 12.0. The van der Waals surface area contributed by atoms with Crippen LogP contribution in [0.3, 0.4) is 0 Å². The number of hydrogen-bond acceptors (Lipinski definition) is 3. The molecule has 0 aliphatic rings. The van der Waals surface area contributed by atoms with Crippen molar-refractivity contribution in [3.63, 3.8) is 0 Å². The van der Waals surface area contributed by atoms with Gasteiger partial charge in [0.05, 0.1) is 5.69 Å². The van der Waals surface area contributed by atoms with Crippen LogP contribution in [-0.2, 0) is 6.54 Å². The van der Waals surface area contributed by atoms with E-state index in [1.165, 1.54) is 0 Å². The van der Waals surface area contributed by atoms with Gasteiger partial charge < -0.3 is 10.2 Å². The van der Waals surface area contributed by atoms with Crippen LogP contribution in [0.15, 0.2) is 18.2 Å². The molecular formula is C12H19FN2S. The highest BCUT2D eigenvalue weighted by Crippen LogP contribution is 2.19. The molecule has 4 heteroatoms. The van der Waals surface area contributed by atoms with Gasteiger partial charge in [0, 0.05) is 25.9 Å². The third kappa shape index (κ3) is 3.68. The molecule has 0 radical (unpaired) electrons. The van der Waals surface area contributed by atoms with Gasteiger partial charge in [-0.05, 0) is 31.0 Å². The van der Waals surface area contributed by atoms with Crippen molar-refractivity contribution >= 4 is 17.4 Å². The van der Waals surface area contributed by atoms with E-state index in [4.69, 9.17) is 0 Å². The Morgan fingerprint density at radius 3 is 2.75 bits per heavy atom. The summed E-state index contributed by atoms with van der Waals surface area (Å²) in [5, 5.41) is 3.01. The average molecular weight is 242 g/mol. The molecule has 0 fully saturated rings.